The summed E-state index contributed by atoms with van der Waals surface area (Å²) in [5.74, 6) is 1.20. The van der Waals surface area contributed by atoms with Crippen molar-refractivity contribution in [3.05, 3.63) is 59.7 Å². The van der Waals surface area contributed by atoms with Gasteiger partial charge in [0.05, 0.1) is 18.9 Å². The summed E-state index contributed by atoms with van der Waals surface area (Å²) in [6.45, 7) is 6.63. The smallest absolute Gasteiger partial charge is 0.271 e. The van der Waals surface area contributed by atoms with Crippen molar-refractivity contribution in [3.63, 3.8) is 0 Å². The molecule has 25 heavy (non-hydrogen) atoms. The van der Waals surface area contributed by atoms with E-state index in [1.54, 1.807) is 30.5 Å². The van der Waals surface area contributed by atoms with E-state index in [1.165, 1.54) is 0 Å². The van der Waals surface area contributed by atoms with Crippen LogP contribution in [0.4, 0.5) is 0 Å². The van der Waals surface area contributed by atoms with Crippen molar-refractivity contribution in [2.24, 2.45) is 5.10 Å². The molecule has 5 nitrogen and oxygen atoms in total. The second-order valence-corrected chi connectivity index (χ2v) is 5.78. The van der Waals surface area contributed by atoms with E-state index in [0.29, 0.717) is 12.2 Å². The minimum absolute atomic E-state index is 0.0672. The summed E-state index contributed by atoms with van der Waals surface area (Å²) in [5.41, 5.74) is 3.85. The van der Waals surface area contributed by atoms with Crippen molar-refractivity contribution in [2.45, 2.75) is 33.3 Å². The first-order chi connectivity index (χ1) is 12.1. The molecule has 2 rings (SSSR count). The van der Waals surface area contributed by atoms with Crippen LogP contribution in [0.15, 0.2) is 53.6 Å². The normalized spacial score (nSPS) is 10.9. The molecular weight excluding hydrogens is 316 g/mol. The van der Waals surface area contributed by atoms with E-state index in [9.17, 15) is 4.79 Å². The molecular formula is C20H24N2O3. The zero-order chi connectivity index (χ0) is 18.1. The summed E-state index contributed by atoms with van der Waals surface area (Å²) >= 11 is 0. The van der Waals surface area contributed by atoms with Crippen LogP contribution in [-0.2, 0) is 0 Å². The Labute approximate surface area is 148 Å². The lowest BCUT2D eigenvalue weighted by molar-refractivity contribution is 0.0955. The molecule has 1 N–H and O–H groups in total. The van der Waals surface area contributed by atoms with Crippen LogP contribution in [0, 0.1) is 0 Å². The van der Waals surface area contributed by atoms with E-state index in [2.05, 4.69) is 10.5 Å². The monoisotopic (exact) mass is 340 g/mol. The molecule has 0 spiro atoms. The van der Waals surface area contributed by atoms with E-state index in [4.69, 9.17) is 9.47 Å². The first-order valence-electron chi connectivity index (χ1n) is 8.42. The van der Waals surface area contributed by atoms with Crippen LogP contribution >= 0.6 is 0 Å². The molecule has 0 radical (unpaired) electrons. The summed E-state index contributed by atoms with van der Waals surface area (Å²) in [6, 6.07) is 14.5. The molecule has 0 bridgehead atoms. The first-order valence-corrected chi connectivity index (χ1v) is 8.42. The molecule has 132 valence electrons. The fourth-order valence-corrected chi connectivity index (χ4v) is 2.10. The van der Waals surface area contributed by atoms with Gasteiger partial charge in [-0.05, 0) is 56.7 Å². The maximum absolute atomic E-state index is 12.1. The fourth-order valence-electron chi connectivity index (χ4n) is 2.10. The Balaban J connectivity index is 1.96. The van der Waals surface area contributed by atoms with Gasteiger partial charge >= 0.3 is 0 Å². The van der Waals surface area contributed by atoms with Gasteiger partial charge in [0.1, 0.15) is 11.5 Å². The fraction of sp³-hybridized carbons (Fsp3) is 0.300. The molecule has 0 unspecified atom stereocenters. The van der Waals surface area contributed by atoms with E-state index < -0.39 is 0 Å². The van der Waals surface area contributed by atoms with Crippen molar-refractivity contribution < 1.29 is 14.3 Å². The highest BCUT2D eigenvalue weighted by molar-refractivity contribution is 5.95. The Morgan fingerprint density at radius 1 is 1.16 bits per heavy atom. The van der Waals surface area contributed by atoms with Crippen molar-refractivity contribution >= 4 is 12.1 Å². The molecule has 0 aliphatic rings. The second-order valence-electron chi connectivity index (χ2n) is 5.78. The van der Waals surface area contributed by atoms with Crippen LogP contribution < -0.4 is 14.9 Å². The maximum atomic E-state index is 12.1. The highest BCUT2D eigenvalue weighted by Crippen LogP contribution is 2.17. The number of nitrogens with zero attached hydrogens (tertiary/aromatic N) is 1. The average molecular weight is 340 g/mol. The Morgan fingerprint density at radius 2 is 1.88 bits per heavy atom. The molecule has 1 amide bonds. The number of nitrogens with one attached hydrogen (secondary N) is 1. The van der Waals surface area contributed by atoms with Gasteiger partial charge in [-0.2, -0.15) is 5.10 Å². The zero-order valence-corrected chi connectivity index (χ0v) is 14.9. The van der Waals surface area contributed by atoms with Gasteiger partial charge in [-0.25, -0.2) is 5.43 Å². The summed E-state index contributed by atoms with van der Waals surface area (Å²) in [6.07, 6.45) is 2.59. The lowest BCUT2D eigenvalue weighted by Crippen LogP contribution is -2.17. The predicted molar refractivity (Wildman–Crippen MR) is 99.5 cm³/mol. The van der Waals surface area contributed by atoms with Crippen LogP contribution in [0.5, 0.6) is 11.5 Å². The zero-order valence-electron chi connectivity index (χ0n) is 14.9. The van der Waals surface area contributed by atoms with Gasteiger partial charge in [0.25, 0.3) is 5.91 Å². The van der Waals surface area contributed by atoms with Crippen LogP contribution in [0.2, 0.25) is 0 Å². The van der Waals surface area contributed by atoms with Crippen LogP contribution in [0.25, 0.3) is 0 Å². The molecule has 5 heteroatoms. The van der Waals surface area contributed by atoms with Crippen LogP contribution in [0.1, 0.15) is 43.1 Å². The lowest BCUT2D eigenvalue weighted by atomic mass is 10.2. The van der Waals surface area contributed by atoms with Crippen LogP contribution in [-0.4, -0.2) is 24.8 Å². The summed E-state index contributed by atoms with van der Waals surface area (Å²) in [4.78, 5) is 12.1. The number of carbonyl (C=O) groups is 1. The molecule has 0 atom stereocenters. The third-order valence-corrected chi connectivity index (χ3v) is 3.24. The average Bonchev–Trinajstić information content (AvgIpc) is 2.61. The number of para-hydroxylation sites is 1. The molecule has 0 heterocycles. The van der Waals surface area contributed by atoms with Gasteiger partial charge in [0.2, 0.25) is 0 Å². The Morgan fingerprint density at radius 3 is 2.56 bits per heavy atom. The van der Waals surface area contributed by atoms with E-state index >= 15 is 0 Å². The van der Waals surface area contributed by atoms with Crippen molar-refractivity contribution in [2.75, 3.05) is 6.61 Å². The molecule has 0 aliphatic heterocycles. The third kappa shape index (κ3) is 5.95. The Hall–Kier alpha value is -2.82. The van der Waals surface area contributed by atoms with Crippen LogP contribution in [0.3, 0.4) is 0 Å². The molecule has 0 saturated carbocycles. The highest BCUT2D eigenvalue weighted by atomic mass is 16.5. The topological polar surface area (TPSA) is 59.9 Å². The standard InChI is InChI=1S/C20H24N2O3/c1-4-13-24-18-11-9-16(10-12-18)20(23)22-21-14-17-7-5-6-8-19(17)25-15(2)3/h5-12,14-15H,4,13H2,1-3H3,(H,22,23)/b21-14+. The van der Waals surface area contributed by atoms with E-state index in [-0.39, 0.29) is 12.0 Å². The van der Waals surface area contributed by atoms with Crippen molar-refractivity contribution in [3.8, 4) is 11.5 Å². The molecule has 0 aromatic heterocycles. The number of amides is 1. The summed E-state index contributed by atoms with van der Waals surface area (Å²) in [5, 5.41) is 4.02. The number of hydrogen-bond acceptors (Lipinski definition) is 4. The summed E-state index contributed by atoms with van der Waals surface area (Å²) < 4.78 is 11.2. The SMILES string of the molecule is CCCOc1ccc(C(=O)N/N=C/c2ccccc2OC(C)C)cc1. The largest absolute Gasteiger partial charge is 0.494 e. The number of benzene rings is 2. The van der Waals surface area contributed by atoms with Gasteiger partial charge in [0, 0.05) is 11.1 Å². The molecule has 0 aliphatic carbocycles. The van der Waals surface area contributed by atoms with Crippen molar-refractivity contribution in [1.29, 1.82) is 0 Å². The number of rotatable bonds is 8. The minimum Gasteiger partial charge on any atom is -0.494 e. The maximum Gasteiger partial charge on any atom is 0.271 e. The number of hydrazone groups is 1. The molecule has 2 aromatic carbocycles. The number of ether oxygens (including phenoxy) is 2. The highest BCUT2D eigenvalue weighted by Gasteiger charge is 2.05. The number of hydrogen-bond donors (Lipinski definition) is 1. The first kappa shape index (κ1) is 18.5. The molecule has 0 saturated heterocycles. The van der Waals surface area contributed by atoms with Gasteiger partial charge in [-0.3, -0.25) is 4.79 Å². The predicted octanol–water partition coefficient (Wildman–Crippen LogP) is 4.03. The summed E-state index contributed by atoms with van der Waals surface area (Å²) in [7, 11) is 0. The number of carbonyl (C=O) groups excluding carboxylic acids is 1. The lowest BCUT2D eigenvalue weighted by Gasteiger charge is -2.11. The van der Waals surface area contributed by atoms with Gasteiger partial charge in [-0.15, -0.1) is 0 Å². The van der Waals surface area contributed by atoms with Gasteiger partial charge in [0.15, 0.2) is 0 Å². The van der Waals surface area contributed by atoms with Crippen molar-refractivity contribution in [1.82, 2.24) is 5.43 Å². The molecule has 2 aromatic rings. The molecule has 0 fully saturated rings. The second kappa shape index (κ2) is 9.47. The van der Waals surface area contributed by atoms with Gasteiger partial charge < -0.3 is 9.47 Å². The van der Waals surface area contributed by atoms with E-state index in [0.717, 1.165) is 23.5 Å². The van der Waals surface area contributed by atoms with E-state index in [1.807, 2.05) is 45.0 Å². The van der Waals surface area contributed by atoms with Gasteiger partial charge in [-0.1, -0.05) is 19.1 Å². The Kier molecular flexibility index (Phi) is 7.01. The third-order valence-electron chi connectivity index (χ3n) is 3.24. The minimum atomic E-state index is -0.277. The Bertz CT molecular complexity index is 709. The quantitative estimate of drug-likeness (QED) is 0.583.